The van der Waals surface area contributed by atoms with Crippen LogP contribution in [0.2, 0.25) is 0 Å². The van der Waals surface area contributed by atoms with Crippen molar-refractivity contribution < 1.29 is 24.2 Å². The minimum atomic E-state index is -1.04. The third kappa shape index (κ3) is 3.14. The molecule has 1 unspecified atom stereocenters. The molecule has 1 aliphatic heterocycles. The number of morpholine rings is 1. The number of H-pyrrole nitrogens is 1. The quantitative estimate of drug-likeness (QED) is 0.878. The van der Waals surface area contributed by atoms with E-state index in [4.69, 9.17) is 14.6 Å². The Hall–Kier alpha value is -2.54. The number of hydrogen-bond acceptors (Lipinski definition) is 4. The zero-order valence-corrected chi connectivity index (χ0v) is 12.7. The molecule has 2 heterocycles. The van der Waals surface area contributed by atoms with Crippen molar-refractivity contribution in [1.82, 2.24) is 9.88 Å². The molecule has 0 radical (unpaired) electrons. The summed E-state index contributed by atoms with van der Waals surface area (Å²) in [5, 5.41) is 9.94. The van der Waals surface area contributed by atoms with Gasteiger partial charge in [0.1, 0.15) is 5.75 Å². The summed E-state index contributed by atoms with van der Waals surface area (Å²) in [5.74, 6) is -0.425. The van der Waals surface area contributed by atoms with Gasteiger partial charge in [0.2, 0.25) is 5.91 Å². The lowest BCUT2D eigenvalue weighted by Gasteiger charge is -2.30. The fraction of sp³-hybridized carbons (Fsp3) is 0.375. The number of aliphatic carboxylic acids is 1. The van der Waals surface area contributed by atoms with Crippen molar-refractivity contribution in [2.45, 2.75) is 12.5 Å². The highest BCUT2D eigenvalue weighted by Gasteiger charge is 2.29. The van der Waals surface area contributed by atoms with Gasteiger partial charge >= 0.3 is 5.97 Å². The molecule has 1 fully saturated rings. The molecule has 2 N–H and O–H groups in total. The second kappa shape index (κ2) is 6.29. The molecule has 2 aromatic rings. The molecule has 7 nitrogen and oxygen atoms in total. The van der Waals surface area contributed by atoms with Gasteiger partial charge in [-0.25, -0.2) is 4.79 Å². The number of hydrogen-bond donors (Lipinski definition) is 2. The smallest absolute Gasteiger partial charge is 0.334 e. The Bertz CT molecular complexity index is 739. The molecule has 0 spiro atoms. The Morgan fingerprint density at radius 2 is 2.30 bits per heavy atom. The zero-order chi connectivity index (χ0) is 16.4. The molecule has 1 aromatic carbocycles. The maximum atomic E-state index is 12.5. The van der Waals surface area contributed by atoms with Crippen molar-refractivity contribution in [3.05, 3.63) is 30.0 Å². The standard InChI is InChI=1S/C16H18N2O5/c1-22-11-2-3-13-12(7-11)10(8-17-13)6-15(19)18-4-5-23-14(9-18)16(20)21/h2-3,7-8,14,17H,4-6,9H2,1H3,(H,20,21). The van der Waals surface area contributed by atoms with Gasteiger partial charge in [0.15, 0.2) is 6.10 Å². The van der Waals surface area contributed by atoms with Crippen LogP contribution in [0.5, 0.6) is 5.75 Å². The Labute approximate surface area is 132 Å². The number of ether oxygens (including phenoxy) is 2. The highest BCUT2D eigenvalue weighted by molar-refractivity contribution is 5.90. The lowest BCUT2D eigenvalue weighted by molar-refractivity contribution is -0.159. The summed E-state index contributed by atoms with van der Waals surface area (Å²) in [7, 11) is 1.60. The third-order valence-corrected chi connectivity index (χ3v) is 4.01. The number of carboxylic acid groups (broad SMARTS) is 1. The number of aromatic nitrogens is 1. The molecule has 1 saturated heterocycles. The van der Waals surface area contributed by atoms with Crippen LogP contribution in [-0.4, -0.2) is 59.8 Å². The topological polar surface area (TPSA) is 91.9 Å². The average molecular weight is 318 g/mol. The fourth-order valence-electron chi connectivity index (χ4n) is 2.73. The normalized spacial score (nSPS) is 18.1. The van der Waals surface area contributed by atoms with Crippen molar-refractivity contribution in [3.8, 4) is 5.75 Å². The summed E-state index contributed by atoms with van der Waals surface area (Å²) in [6.07, 6.45) is 1.06. The van der Waals surface area contributed by atoms with Crippen LogP contribution >= 0.6 is 0 Å². The van der Waals surface area contributed by atoms with E-state index in [0.717, 1.165) is 22.2 Å². The number of amides is 1. The lowest BCUT2D eigenvalue weighted by atomic mass is 10.1. The molecule has 1 aromatic heterocycles. The van der Waals surface area contributed by atoms with Crippen molar-refractivity contribution in [2.24, 2.45) is 0 Å². The predicted molar refractivity (Wildman–Crippen MR) is 82.5 cm³/mol. The van der Waals surface area contributed by atoms with Crippen LogP contribution in [0.15, 0.2) is 24.4 Å². The van der Waals surface area contributed by atoms with E-state index in [0.29, 0.717) is 6.54 Å². The fourth-order valence-corrected chi connectivity index (χ4v) is 2.73. The number of nitrogens with zero attached hydrogens (tertiary/aromatic N) is 1. The van der Waals surface area contributed by atoms with Gasteiger partial charge in [0, 0.05) is 23.6 Å². The first-order valence-electron chi connectivity index (χ1n) is 7.34. The van der Waals surface area contributed by atoms with Crippen LogP contribution in [0.4, 0.5) is 0 Å². The molecular weight excluding hydrogens is 300 g/mol. The molecule has 23 heavy (non-hydrogen) atoms. The molecule has 0 saturated carbocycles. The van der Waals surface area contributed by atoms with E-state index in [1.807, 2.05) is 18.2 Å². The second-order valence-corrected chi connectivity index (χ2v) is 5.44. The molecule has 0 bridgehead atoms. The summed E-state index contributed by atoms with van der Waals surface area (Å²) < 4.78 is 10.4. The number of methoxy groups -OCH3 is 1. The molecular formula is C16H18N2O5. The largest absolute Gasteiger partial charge is 0.497 e. The first kappa shape index (κ1) is 15.4. The summed E-state index contributed by atoms with van der Waals surface area (Å²) >= 11 is 0. The van der Waals surface area contributed by atoms with Gasteiger partial charge in [-0.3, -0.25) is 4.79 Å². The second-order valence-electron chi connectivity index (χ2n) is 5.44. The van der Waals surface area contributed by atoms with Gasteiger partial charge in [0.05, 0.1) is 26.7 Å². The maximum absolute atomic E-state index is 12.5. The predicted octanol–water partition coefficient (Wildman–Crippen LogP) is 1.03. The molecule has 7 heteroatoms. The van der Waals surface area contributed by atoms with E-state index in [1.54, 1.807) is 18.2 Å². The highest BCUT2D eigenvalue weighted by Crippen LogP contribution is 2.24. The van der Waals surface area contributed by atoms with Crippen LogP contribution in [0.3, 0.4) is 0 Å². The van der Waals surface area contributed by atoms with E-state index in [9.17, 15) is 9.59 Å². The van der Waals surface area contributed by atoms with Crippen LogP contribution in [0.1, 0.15) is 5.56 Å². The van der Waals surface area contributed by atoms with E-state index < -0.39 is 12.1 Å². The molecule has 122 valence electrons. The van der Waals surface area contributed by atoms with Crippen LogP contribution in [-0.2, 0) is 20.7 Å². The minimum absolute atomic E-state index is 0.0832. The van der Waals surface area contributed by atoms with E-state index >= 15 is 0 Å². The van der Waals surface area contributed by atoms with Gasteiger partial charge in [-0.05, 0) is 23.8 Å². The van der Waals surface area contributed by atoms with Crippen LogP contribution < -0.4 is 4.74 Å². The maximum Gasteiger partial charge on any atom is 0.334 e. The first-order chi connectivity index (χ1) is 11.1. The molecule has 1 amide bonds. The van der Waals surface area contributed by atoms with Gasteiger partial charge in [-0.2, -0.15) is 0 Å². The van der Waals surface area contributed by atoms with Crippen molar-refractivity contribution >= 4 is 22.8 Å². The molecule has 1 atom stereocenters. The number of carbonyl (C=O) groups is 2. The highest BCUT2D eigenvalue weighted by atomic mass is 16.5. The van der Waals surface area contributed by atoms with Gasteiger partial charge in [-0.1, -0.05) is 0 Å². The lowest BCUT2D eigenvalue weighted by Crippen LogP contribution is -2.49. The molecule has 1 aliphatic rings. The zero-order valence-electron chi connectivity index (χ0n) is 12.7. The summed E-state index contributed by atoms with van der Waals surface area (Å²) in [5.41, 5.74) is 1.79. The minimum Gasteiger partial charge on any atom is -0.497 e. The Morgan fingerprint density at radius 3 is 3.04 bits per heavy atom. The van der Waals surface area contributed by atoms with Crippen LogP contribution in [0, 0.1) is 0 Å². The first-order valence-corrected chi connectivity index (χ1v) is 7.34. The SMILES string of the molecule is COc1ccc2[nH]cc(CC(=O)N3CCOC(C(=O)O)C3)c2c1. The van der Waals surface area contributed by atoms with E-state index in [1.165, 1.54) is 0 Å². The number of rotatable bonds is 4. The Balaban J connectivity index is 1.76. The monoisotopic (exact) mass is 318 g/mol. The molecule has 0 aliphatic carbocycles. The summed E-state index contributed by atoms with van der Waals surface area (Å²) in [6, 6.07) is 5.63. The van der Waals surface area contributed by atoms with Gasteiger partial charge in [0.25, 0.3) is 0 Å². The van der Waals surface area contributed by atoms with Crippen molar-refractivity contribution in [2.75, 3.05) is 26.8 Å². The van der Waals surface area contributed by atoms with E-state index in [-0.39, 0.29) is 25.5 Å². The number of carbonyl (C=O) groups excluding carboxylic acids is 1. The number of carboxylic acids is 1. The van der Waals surface area contributed by atoms with Crippen LogP contribution in [0.25, 0.3) is 10.9 Å². The number of benzene rings is 1. The van der Waals surface area contributed by atoms with E-state index in [2.05, 4.69) is 4.98 Å². The number of nitrogens with one attached hydrogen (secondary N) is 1. The van der Waals surface area contributed by atoms with Crippen molar-refractivity contribution in [3.63, 3.8) is 0 Å². The number of fused-ring (bicyclic) bond motifs is 1. The Morgan fingerprint density at radius 1 is 1.48 bits per heavy atom. The summed E-state index contributed by atoms with van der Waals surface area (Å²) in [6.45, 7) is 0.735. The summed E-state index contributed by atoms with van der Waals surface area (Å²) in [4.78, 5) is 28.1. The average Bonchev–Trinajstić information content (AvgIpc) is 2.97. The third-order valence-electron chi connectivity index (χ3n) is 4.01. The number of aromatic amines is 1. The van der Waals surface area contributed by atoms with Gasteiger partial charge in [-0.15, -0.1) is 0 Å². The van der Waals surface area contributed by atoms with Crippen molar-refractivity contribution in [1.29, 1.82) is 0 Å². The van der Waals surface area contributed by atoms with Gasteiger partial charge < -0.3 is 24.5 Å². The Kier molecular flexibility index (Phi) is 4.20. The molecule has 3 rings (SSSR count).